The summed E-state index contributed by atoms with van der Waals surface area (Å²) in [5.74, 6) is 1.75. The molecule has 25 heavy (non-hydrogen) atoms. The van der Waals surface area contributed by atoms with Crippen molar-refractivity contribution in [2.24, 2.45) is 17.8 Å². The molecule has 0 bridgehead atoms. The zero-order chi connectivity index (χ0) is 17.1. The van der Waals surface area contributed by atoms with Gasteiger partial charge in [-0.25, -0.2) is 0 Å². The molecule has 2 saturated heterocycles. The third-order valence-electron chi connectivity index (χ3n) is 5.46. The van der Waals surface area contributed by atoms with Crippen LogP contribution in [0, 0.1) is 17.8 Å². The normalized spacial score (nSPS) is 19.5. The van der Waals surface area contributed by atoms with Crippen molar-refractivity contribution in [2.75, 3.05) is 33.3 Å². The molecule has 3 rings (SSSR count). The smallest absolute Gasteiger partial charge is 0.225 e. The van der Waals surface area contributed by atoms with Gasteiger partial charge in [0.05, 0.1) is 7.11 Å². The van der Waals surface area contributed by atoms with Gasteiger partial charge in [-0.15, -0.1) is 12.4 Å². The molecule has 1 amide bonds. The van der Waals surface area contributed by atoms with Gasteiger partial charge in [0.15, 0.2) is 5.78 Å². The number of likely N-dealkylation sites (tertiary alicyclic amines) is 1. The van der Waals surface area contributed by atoms with Crippen LogP contribution in [0.1, 0.15) is 30.1 Å². The third kappa shape index (κ3) is 4.33. The molecule has 138 valence electrons. The van der Waals surface area contributed by atoms with Gasteiger partial charge in [0.25, 0.3) is 0 Å². The topological polar surface area (TPSA) is 58.6 Å². The first-order valence-electron chi connectivity index (χ1n) is 8.78. The Morgan fingerprint density at radius 3 is 2.24 bits per heavy atom. The third-order valence-corrected chi connectivity index (χ3v) is 5.46. The lowest BCUT2D eigenvalue weighted by Gasteiger charge is -2.37. The number of nitrogens with one attached hydrogen (secondary N) is 1. The number of amides is 1. The summed E-state index contributed by atoms with van der Waals surface area (Å²) in [6.45, 7) is 5.30. The van der Waals surface area contributed by atoms with Crippen LogP contribution >= 0.6 is 12.4 Å². The zero-order valence-electron chi connectivity index (χ0n) is 14.9. The fourth-order valence-electron chi connectivity index (χ4n) is 3.51. The summed E-state index contributed by atoms with van der Waals surface area (Å²) in [6.07, 6.45) is 1.51. The van der Waals surface area contributed by atoms with Crippen LogP contribution in [-0.4, -0.2) is 49.9 Å². The van der Waals surface area contributed by atoms with Crippen molar-refractivity contribution in [3.8, 4) is 5.75 Å². The van der Waals surface area contributed by atoms with E-state index in [-0.39, 0.29) is 35.9 Å². The highest BCUT2D eigenvalue weighted by Gasteiger charge is 2.34. The fourth-order valence-corrected chi connectivity index (χ4v) is 3.51. The Bertz CT molecular complexity index is 593. The van der Waals surface area contributed by atoms with Crippen molar-refractivity contribution in [1.82, 2.24) is 10.2 Å². The minimum atomic E-state index is 0. The number of halogens is 1. The van der Waals surface area contributed by atoms with Gasteiger partial charge in [-0.05, 0) is 56.1 Å². The van der Waals surface area contributed by atoms with E-state index in [0.717, 1.165) is 37.2 Å². The maximum absolute atomic E-state index is 12.6. The molecule has 0 aliphatic carbocycles. The Morgan fingerprint density at radius 2 is 1.76 bits per heavy atom. The molecule has 0 radical (unpaired) electrons. The van der Waals surface area contributed by atoms with Crippen molar-refractivity contribution in [1.29, 1.82) is 0 Å². The standard InChI is InChI=1S/C19H26N2O3.ClH/c1-13(16-11-20-12-16)19(23)21-9-7-15(8-10-21)18(22)14-3-5-17(24-2)6-4-14;/h3-6,13,15-16,20H,7-12H2,1-2H3;1H. The van der Waals surface area contributed by atoms with E-state index in [1.165, 1.54) is 0 Å². The van der Waals surface area contributed by atoms with Gasteiger partial charge < -0.3 is 15.0 Å². The average molecular weight is 367 g/mol. The van der Waals surface area contributed by atoms with E-state index in [4.69, 9.17) is 4.74 Å². The first-order valence-corrected chi connectivity index (χ1v) is 8.78. The Balaban J connectivity index is 0.00000225. The molecule has 2 aliphatic rings. The first-order chi connectivity index (χ1) is 11.6. The van der Waals surface area contributed by atoms with Crippen LogP contribution in [0.4, 0.5) is 0 Å². The number of carbonyl (C=O) groups excluding carboxylic acids is 2. The molecule has 1 unspecified atom stereocenters. The summed E-state index contributed by atoms with van der Waals surface area (Å²) in [6, 6.07) is 7.29. The molecule has 2 aliphatic heterocycles. The predicted octanol–water partition coefficient (Wildman–Crippen LogP) is 2.39. The number of ketones is 1. The first kappa shape index (κ1) is 19.7. The molecule has 1 aromatic carbocycles. The van der Waals surface area contributed by atoms with Crippen LogP contribution in [0.25, 0.3) is 0 Å². The number of carbonyl (C=O) groups is 2. The van der Waals surface area contributed by atoms with Crippen LogP contribution in [-0.2, 0) is 4.79 Å². The average Bonchev–Trinajstić information content (AvgIpc) is 2.59. The number of hydrogen-bond acceptors (Lipinski definition) is 4. The van der Waals surface area contributed by atoms with Gasteiger partial charge in [0, 0.05) is 30.5 Å². The van der Waals surface area contributed by atoms with Crippen LogP contribution in [0.15, 0.2) is 24.3 Å². The van der Waals surface area contributed by atoms with Gasteiger partial charge in [0.2, 0.25) is 5.91 Å². The minimum Gasteiger partial charge on any atom is -0.497 e. The highest BCUT2D eigenvalue weighted by Crippen LogP contribution is 2.26. The van der Waals surface area contributed by atoms with Crippen molar-refractivity contribution < 1.29 is 14.3 Å². The number of piperidine rings is 1. The summed E-state index contributed by atoms with van der Waals surface area (Å²) in [4.78, 5) is 27.1. The maximum Gasteiger partial charge on any atom is 0.225 e. The summed E-state index contributed by atoms with van der Waals surface area (Å²) in [5.41, 5.74) is 0.731. The van der Waals surface area contributed by atoms with E-state index < -0.39 is 0 Å². The summed E-state index contributed by atoms with van der Waals surface area (Å²) in [5, 5.41) is 3.22. The number of rotatable bonds is 5. The largest absolute Gasteiger partial charge is 0.497 e. The Kier molecular flexibility index (Phi) is 6.85. The van der Waals surface area contributed by atoms with Crippen LogP contribution < -0.4 is 10.1 Å². The van der Waals surface area contributed by atoms with E-state index in [2.05, 4.69) is 5.32 Å². The Morgan fingerprint density at radius 1 is 1.16 bits per heavy atom. The SMILES string of the molecule is COc1ccc(C(=O)C2CCN(C(=O)C(C)C3CNC3)CC2)cc1.Cl. The molecule has 0 saturated carbocycles. The van der Waals surface area contributed by atoms with E-state index in [1.807, 2.05) is 36.1 Å². The monoisotopic (exact) mass is 366 g/mol. The lowest BCUT2D eigenvalue weighted by Crippen LogP contribution is -2.51. The van der Waals surface area contributed by atoms with Gasteiger partial charge in [-0.3, -0.25) is 9.59 Å². The number of Topliss-reactive ketones (excluding diaryl/α,β-unsaturated/α-hetero) is 1. The summed E-state index contributed by atoms with van der Waals surface area (Å²) < 4.78 is 5.13. The molecule has 6 heteroatoms. The van der Waals surface area contributed by atoms with Crippen LogP contribution in [0.5, 0.6) is 5.75 Å². The summed E-state index contributed by atoms with van der Waals surface area (Å²) >= 11 is 0. The molecule has 2 fully saturated rings. The van der Waals surface area contributed by atoms with Crippen molar-refractivity contribution in [2.45, 2.75) is 19.8 Å². The van der Waals surface area contributed by atoms with Gasteiger partial charge in [-0.1, -0.05) is 6.92 Å². The lowest BCUT2D eigenvalue weighted by atomic mass is 9.85. The quantitative estimate of drug-likeness (QED) is 0.813. The molecule has 5 nitrogen and oxygen atoms in total. The number of methoxy groups -OCH3 is 1. The second-order valence-electron chi connectivity index (χ2n) is 6.90. The van der Waals surface area contributed by atoms with E-state index in [0.29, 0.717) is 19.0 Å². The number of nitrogens with zero attached hydrogens (tertiary/aromatic N) is 1. The predicted molar refractivity (Wildman–Crippen MR) is 99.4 cm³/mol. The molecular weight excluding hydrogens is 340 g/mol. The van der Waals surface area contributed by atoms with E-state index in [1.54, 1.807) is 7.11 Å². The Hall–Kier alpha value is -1.59. The molecule has 1 aromatic rings. The highest BCUT2D eigenvalue weighted by atomic mass is 35.5. The molecule has 2 heterocycles. The second kappa shape index (κ2) is 8.68. The van der Waals surface area contributed by atoms with Gasteiger partial charge in [0.1, 0.15) is 5.75 Å². The second-order valence-corrected chi connectivity index (χ2v) is 6.90. The van der Waals surface area contributed by atoms with Gasteiger partial charge >= 0.3 is 0 Å². The van der Waals surface area contributed by atoms with Crippen LogP contribution in [0.2, 0.25) is 0 Å². The number of ether oxygens (including phenoxy) is 1. The maximum atomic E-state index is 12.6. The summed E-state index contributed by atoms with van der Waals surface area (Å²) in [7, 11) is 1.62. The molecule has 1 N–H and O–H groups in total. The highest BCUT2D eigenvalue weighted by molar-refractivity contribution is 5.98. The van der Waals surface area contributed by atoms with Gasteiger partial charge in [-0.2, -0.15) is 0 Å². The van der Waals surface area contributed by atoms with E-state index >= 15 is 0 Å². The zero-order valence-corrected chi connectivity index (χ0v) is 15.7. The van der Waals surface area contributed by atoms with Crippen molar-refractivity contribution in [3.63, 3.8) is 0 Å². The fraction of sp³-hybridized carbons (Fsp3) is 0.579. The molecule has 1 atom stereocenters. The number of hydrogen-bond donors (Lipinski definition) is 1. The molecule has 0 spiro atoms. The lowest BCUT2D eigenvalue weighted by molar-refractivity contribution is -0.138. The van der Waals surface area contributed by atoms with Crippen LogP contribution in [0.3, 0.4) is 0 Å². The molecular formula is C19H27ClN2O3. The number of benzene rings is 1. The van der Waals surface area contributed by atoms with Crippen molar-refractivity contribution >= 4 is 24.1 Å². The van der Waals surface area contributed by atoms with Crippen molar-refractivity contribution in [3.05, 3.63) is 29.8 Å². The minimum absolute atomic E-state index is 0. The molecule has 0 aromatic heterocycles. The Labute approximate surface area is 155 Å². The van der Waals surface area contributed by atoms with E-state index in [9.17, 15) is 9.59 Å².